The first-order valence-electron chi connectivity index (χ1n) is 5.49. The highest BCUT2D eigenvalue weighted by Crippen LogP contribution is 2.26. The molecule has 0 fully saturated rings. The Morgan fingerprint density at radius 3 is 1.47 bits per heavy atom. The summed E-state index contributed by atoms with van der Waals surface area (Å²) in [6, 6.07) is 0. The molecule has 0 rings (SSSR count). The van der Waals surface area contributed by atoms with Crippen molar-refractivity contribution in [2.45, 2.75) is 58.4 Å². The molecule has 1 N–H and O–H groups in total. The molecule has 0 saturated heterocycles. The number of hydrogen-bond acceptors (Lipinski definition) is 3. The van der Waals surface area contributed by atoms with Gasteiger partial charge in [0.25, 0.3) is 0 Å². The van der Waals surface area contributed by atoms with E-state index in [1.165, 1.54) is 0 Å². The van der Waals surface area contributed by atoms with E-state index in [1.54, 1.807) is 0 Å². The Bertz CT molecular complexity index is 178. The molecule has 0 amide bonds. The van der Waals surface area contributed by atoms with E-state index in [4.69, 9.17) is 14.0 Å². The van der Waals surface area contributed by atoms with Gasteiger partial charge in [-0.25, -0.2) is 0 Å². The van der Waals surface area contributed by atoms with Crippen molar-refractivity contribution < 1.29 is 14.0 Å². The largest absolute Gasteiger partial charge is 0.396 e. The Balaban J connectivity index is 4.59. The molecule has 5 heteroatoms. The minimum absolute atomic E-state index is 0.103. The Labute approximate surface area is 96.1 Å². The van der Waals surface area contributed by atoms with Gasteiger partial charge in [-0.2, -0.15) is 0 Å². The second-order valence-electron chi connectivity index (χ2n) is 6.04. The van der Waals surface area contributed by atoms with Gasteiger partial charge in [0, 0.05) is 13.0 Å². The summed E-state index contributed by atoms with van der Waals surface area (Å²) in [5, 5.41) is 9.07. The maximum Gasteiger partial charge on any atom is 0.187 e. The van der Waals surface area contributed by atoms with E-state index < -0.39 is 22.4 Å². The molecule has 15 heavy (non-hydrogen) atoms. The first-order chi connectivity index (χ1) is 6.47. The predicted octanol–water partition coefficient (Wildman–Crippen LogP) is 2.79. The SMILES string of the molecule is CC(CCO)(O[Si](C)(C)C)O[Si](C)(C)C. The summed E-state index contributed by atoms with van der Waals surface area (Å²) in [5.41, 5.74) is 0. The van der Waals surface area contributed by atoms with E-state index in [0.717, 1.165) is 0 Å². The van der Waals surface area contributed by atoms with Crippen LogP contribution in [0, 0.1) is 0 Å². The van der Waals surface area contributed by atoms with Crippen LogP contribution in [-0.4, -0.2) is 34.1 Å². The fourth-order valence-corrected chi connectivity index (χ4v) is 4.58. The maximum atomic E-state index is 9.07. The zero-order valence-electron chi connectivity index (χ0n) is 11.2. The lowest BCUT2D eigenvalue weighted by Gasteiger charge is -2.40. The number of aliphatic hydroxyl groups is 1. The molecule has 3 nitrogen and oxygen atoms in total. The molecule has 0 aliphatic rings. The van der Waals surface area contributed by atoms with Crippen LogP contribution < -0.4 is 0 Å². The van der Waals surface area contributed by atoms with Crippen LogP contribution in [0.2, 0.25) is 39.3 Å². The van der Waals surface area contributed by atoms with Crippen LogP contribution in [0.5, 0.6) is 0 Å². The monoisotopic (exact) mass is 250 g/mol. The molecular weight excluding hydrogens is 224 g/mol. The van der Waals surface area contributed by atoms with Crippen molar-refractivity contribution in [1.82, 2.24) is 0 Å². The third kappa shape index (κ3) is 8.16. The molecule has 0 aromatic heterocycles. The normalized spacial score (nSPS) is 14.4. The highest BCUT2D eigenvalue weighted by Gasteiger charge is 2.36. The molecule has 0 aliphatic heterocycles. The third-order valence-electron chi connectivity index (χ3n) is 1.61. The molecule has 0 aromatic carbocycles. The average Bonchev–Trinajstić information content (AvgIpc) is 1.74. The molecule has 0 aliphatic carbocycles. The number of hydrogen-bond donors (Lipinski definition) is 1. The van der Waals surface area contributed by atoms with Crippen molar-refractivity contribution >= 4 is 16.6 Å². The summed E-state index contributed by atoms with van der Waals surface area (Å²) >= 11 is 0. The molecule has 0 unspecified atom stereocenters. The van der Waals surface area contributed by atoms with E-state index >= 15 is 0 Å². The van der Waals surface area contributed by atoms with Crippen molar-refractivity contribution in [3.05, 3.63) is 0 Å². The highest BCUT2D eigenvalue weighted by atomic mass is 28.4. The van der Waals surface area contributed by atoms with Crippen LogP contribution in [-0.2, 0) is 8.85 Å². The molecule has 0 heterocycles. The van der Waals surface area contributed by atoms with Crippen molar-refractivity contribution in [1.29, 1.82) is 0 Å². The standard InChI is InChI=1S/C10H26O3Si2/c1-10(8-9-11,12-14(2,3)4)13-15(5,6)7/h11H,8-9H2,1-7H3. The van der Waals surface area contributed by atoms with E-state index in [0.29, 0.717) is 6.42 Å². The second kappa shape index (κ2) is 5.10. The molecule has 92 valence electrons. The lowest BCUT2D eigenvalue weighted by atomic mass is 10.2. The highest BCUT2D eigenvalue weighted by molar-refractivity contribution is 6.71. The van der Waals surface area contributed by atoms with Crippen LogP contribution in [0.15, 0.2) is 0 Å². The van der Waals surface area contributed by atoms with Gasteiger partial charge in [0.15, 0.2) is 16.6 Å². The Hall–Kier alpha value is 0.314. The third-order valence-corrected chi connectivity index (χ3v) is 3.70. The van der Waals surface area contributed by atoms with E-state index in [1.807, 2.05) is 6.92 Å². The summed E-state index contributed by atoms with van der Waals surface area (Å²) in [7, 11) is -3.29. The molecule has 0 atom stereocenters. The molecule has 0 bridgehead atoms. The summed E-state index contributed by atoms with van der Waals surface area (Å²) < 4.78 is 12.1. The van der Waals surface area contributed by atoms with Crippen molar-refractivity contribution in [3.8, 4) is 0 Å². The van der Waals surface area contributed by atoms with Crippen molar-refractivity contribution in [2.24, 2.45) is 0 Å². The van der Waals surface area contributed by atoms with Gasteiger partial charge >= 0.3 is 0 Å². The van der Waals surface area contributed by atoms with Gasteiger partial charge in [-0.05, 0) is 46.2 Å². The number of rotatable bonds is 6. The Morgan fingerprint density at radius 2 is 1.27 bits per heavy atom. The Morgan fingerprint density at radius 1 is 0.933 bits per heavy atom. The van der Waals surface area contributed by atoms with Crippen LogP contribution in [0.4, 0.5) is 0 Å². The van der Waals surface area contributed by atoms with Crippen LogP contribution >= 0.6 is 0 Å². The van der Waals surface area contributed by atoms with Gasteiger partial charge in [-0.3, -0.25) is 0 Å². The summed E-state index contributed by atoms with van der Waals surface area (Å²) in [5.74, 6) is -0.607. The Kier molecular flexibility index (Phi) is 5.20. The summed E-state index contributed by atoms with van der Waals surface area (Å²) in [6.07, 6.45) is 0.543. The summed E-state index contributed by atoms with van der Waals surface area (Å²) in [6.45, 7) is 14.9. The van der Waals surface area contributed by atoms with Gasteiger partial charge in [0.2, 0.25) is 0 Å². The van der Waals surface area contributed by atoms with Gasteiger partial charge in [0.1, 0.15) is 5.79 Å². The quantitative estimate of drug-likeness (QED) is 0.582. The van der Waals surface area contributed by atoms with Gasteiger partial charge in [-0.1, -0.05) is 0 Å². The van der Waals surface area contributed by atoms with Gasteiger partial charge in [0.05, 0.1) is 0 Å². The fourth-order valence-electron chi connectivity index (χ4n) is 1.62. The molecule has 0 saturated carbocycles. The zero-order valence-corrected chi connectivity index (χ0v) is 13.2. The van der Waals surface area contributed by atoms with Crippen LogP contribution in [0.3, 0.4) is 0 Å². The first kappa shape index (κ1) is 15.3. The van der Waals surface area contributed by atoms with Crippen LogP contribution in [0.25, 0.3) is 0 Å². The summed E-state index contributed by atoms with van der Waals surface area (Å²) in [4.78, 5) is 0. The molecule has 0 aromatic rings. The maximum absolute atomic E-state index is 9.07. The smallest absolute Gasteiger partial charge is 0.187 e. The number of aliphatic hydroxyl groups excluding tert-OH is 1. The topological polar surface area (TPSA) is 38.7 Å². The average molecular weight is 250 g/mol. The zero-order chi connectivity index (χ0) is 12.3. The van der Waals surface area contributed by atoms with E-state index in [9.17, 15) is 0 Å². The molecule has 0 radical (unpaired) electrons. The lowest BCUT2D eigenvalue weighted by Crippen LogP contribution is -2.48. The molecule has 0 spiro atoms. The second-order valence-corrected chi connectivity index (χ2v) is 14.9. The fraction of sp³-hybridized carbons (Fsp3) is 1.00. The lowest BCUT2D eigenvalue weighted by molar-refractivity contribution is -0.123. The van der Waals surface area contributed by atoms with Crippen molar-refractivity contribution in [2.75, 3.05) is 6.61 Å². The van der Waals surface area contributed by atoms with Crippen LogP contribution in [0.1, 0.15) is 13.3 Å². The predicted molar refractivity (Wildman–Crippen MR) is 69.0 cm³/mol. The van der Waals surface area contributed by atoms with E-state index in [-0.39, 0.29) is 6.61 Å². The minimum Gasteiger partial charge on any atom is -0.396 e. The van der Waals surface area contributed by atoms with Gasteiger partial charge < -0.3 is 14.0 Å². The first-order valence-corrected chi connectivity index (χ1v) is 12.3. The van der Waals surface area contributed by atoms with Crippen molar-refractivity contribution in [3.63, 3.8) is 0 Å². The van der Waals surface area contributed by atoms with E-state index in [2.05, 4.69) is 39.3 Å². The minimum atomic E-state index is -1.64. The molecular formula is C10H26O3Si2. The van der Waals surface area contributed by atoms with Gasteiger partial charge in [-0.15, -0.1) is 0 Å².